The van der Waals surface area contributed by atoms with Gasteiger partial charge in [-0.2, -0.15) is 0 Å². The van der Waals surface area contributed by atoms with E-state index < -0.39 is 0 Å². The number of nitrogens with one attached hydrogen (secondary N) is 1. The average Bonchev–Trinajstić information content (AvgIpc) is 3.12. The smallest absolute Gasteiger partial charge is 0.121 e. The molecule has 2 fully saturated rings. The molecule has 1 saturated carbocycles. The van der Waals surface area contributed by atoms with E-state index in [4.69, 9.17) is 4.42 Å². The second-order valence-electron chi connectivity index (χ2n) is 5.93. The van der Waals surface area contributed by atoms with Gasteiger partial charge >= 0.3 is 0 Å². The molecule has 3 rings (SSSR count). The van der Waals surface area contributed by atoms with E-state index in [-0.39, 0.29) is 24.8 Å². The molecule has 0 bridgehead atoms. The van der Waals surface area contributed by atoms with Gasteiger partial charge in [0.2, 0.25) is 0 Å². The molecule has 1 aromatic rings. The Morgan fingerprint density at radius 2 is 1.86 bits per heavy atom. The van der Waals surface area contributed by atoms with Crippen molar-refractivity contribution >= 4 is 24.8 Å². The molecule has 0 amide bonds. The lowest BCUT2D eigenvalue weighted by molar-refractivity contribution is 0.106. The lowest BCUT2D eigenvalue weighted by atomic mass is 9.94. The molecule has 1 aliphatic heterocycles. The summed E-state index contributed by atoms with van der Waals surface area (Å²) < 4.78 is 6.10. The molecule has 1 saturated heterocycles. The maximum atomic E-state index is 6.10. The van der Waals surface area contributed by atoms with Crippen LogP contribution in [0.5, 0.6) is 0 Å². The number of nitrogens with zero attached hydrogens (tertiary/aromatic N) is 1. The summed E-state index contributed by atoms with van der Waals surface area (Å²) in [5.74, 6) is 3.15. The fraction of sp³-hybridized carbons (Fsp3) is 0.750. The molecular formula is C16H28Cl2N2O. The molecule has 1 atom stereocenters. The largest absolute Gasteiger partial charge is 0.464 e. The Bertz CT molecular complexity index is 399. The second-order valence-corrected chi connectivity index (χ2v) is 5.93. The molecule has 21 heavy (non-hydrogen) atoms. The first-order valence-corrected chi connectivity index (χ1v) is 7.92. The Labute approximate surface area is 140 Å². The summed E-state index contributed by atoms with van der Waals surface area (Å²) in [6.07, 6.45) is 6.54. The zero-order chi connectivity index (χ0) is 13.1. The zero-order valence-electron chi connectivity index (χ0n) is 12.8. The Balaban J connectivity index is 0.00000110. The summed E-state index contributed by atoms with van der Waals surface area (Å²) in [5, 5.41) is 3.46. The standard InChI is InChI=1S/C16H26N2O.2ClH/c1-2-14-7-8-15(19-14)16(13-5-3-4-6-13)18-11-9-17-10-12-18;;/h7-8,13,16-17H,2-6,9-12H2,1H3;2*1H/t16-;;/m0../s1. The van der Waals surface area contributed by atoms with Gasteiger partial charge in [-0.05, 0) is 30.9 Å². The molecule has 0 spiro atoms. The van der Waals surface area contributed by atoms with Crippen LogP contribution in [0, 0.1) is 5.92 Å². The number of halogens is 2. The van der Waals surface area contributed by atoms with Crippen molar-refractivity contribution in [3.05, 3.63) is 23.7 Å². The number of rotatable bonds is 4. The highest BCUT2D eigenvalue weighted by Crippen LogP contribution is 2.40. The zero-order valence-corrected chi connectivity index (χ0v) is 14.5. The predicted molar refractivity (Wildman–Crippen MR) is 91.7 cm³/mol. The van der Waals surface area contributed by atoms with E-state index in [2.05, 4.69) is 29.3 Å². The minimum Gasteiger partial charge on any atom is -0.464 e. The third-order valence-electron chi connectivity index (χ3n) is 4.71. The topological polar surface area (TPSA) is 28.4 Å². The average molecular weight is 335 g/mol. The fourth-order valence-corrected chi connectivity index (χ4v) is 3.69. The van der Waals surface area contributed by atoms with E-state index >= 15 is 0 Å². The molecule has 2 heterocycles. The van der Waals surface area contributed by atoms with Crippen molar-refractivity contribution in [3.8, 4) is 0 Å². The summed E-state index contributed by atoms with van der Waals surface area (Å²) in [6, 6.07) is 4.91. The first kappa shape index (κ1) is 18.8. The van der Waals surface area contributed by atoms with Crippen LogP contribution in [0.2, 0.25) is 0 Å². The predicted octanol–water partition coefficient (Wildman–Crippen LogP) is 3.82. The maximum Gasteiger partial charge on any atom is 0.121 e. The van der Waals surface area contributed by atoms with Gasteiger partial charge in [0.1, 0.15) is 11.5 Å². The summed E-state index contributed by atoms with van der Waals surface area (Å²) in [6.45, 7) is 6.71. The number of piperazine rings is 1. The number of aryl methyl sites for hydroxylation is 1. The molecule has 1 aliphatic carbocycles. The lowest BCUT2D eigenvalue weighted by Gasteiger charge is -2.37. The van der Waals surface area contributed by atoms with Gasteiger partial charge < -0.3 is 9.73 Å². The highest BCUT2D eigenvalue weighted by atomic mass is 35.5. The van der Waals surface area contributed by atoms with Crippen molar-refractivity contribution < 1.29 is 4.42 Å². The maximum absolute atomic E-state index is 6.10. The molecule has 1 aromatic heterocycles. The molecule has 0 radical (unpaired) electrons. The van der Waals surface area contributed by atoms with Crippen LogP contribution in [0.4, 0.5) is 0 Å². The van der Waals surface area contributed by atoms with E-state index in [0.29, 0.717) is 6.04 Å². The van der Waals surface area contributed by atoms with Crippen molar-refractivity contribution in [1.29, 1.82) is 0 Å². The SMILES string of the molecule is CCc1ccc([C@H](C2CCCC2)N2CCNCC2)o1.Cl.Cl. The molecule has 0 unspecified atom stereocenters. The van der Waals surface area contributed by atoms with Crippen molar-refractivity contribution in [2.24, 2.45) is 5.92 Å². The van der Waals surface area contributed by atoms with Crippen LogP contribution < -0.4 is 5.32 Å². The van der Waals surface area contributed by atoms with Crippen LogP contribution in [0.25, 0.3) is 0 Å². The first-order chi connectivity index (χ1) is 9.38. The van der Waals surface area contributed by atoms with Crippen LogP contribution in [0.1, 0.15) is 50.2 Å². The number of furan rings is 1. The Morgan fingerprint density at radius 1 is 1.19 bits per heavy atom. The number of hydrogen-bond donors (Lipinski definition) is 1. The van der Waals surface area contributed by atoms with E-state index in [1.807, 2.05) is 0 Å². The molecule has 5 heteroatoms. The van der Waals surface area contributed by atoms with Gasteiger partial charge in [-0.25, -0.2) is 0 Å². The van der Waals surface area contributed by atoms with Crippen molar-refractivity contribution in [1.82, 2.24) is 10.2 Å². The van der Waals surface area contributed by atoms with Gasteiger partial charge in [-0.1, -0.05) is 19.8 Å². The normalized spacial score (nSPS) is 21.6. The summed E-state index contributed by atoms with van der Waals surface area (Å²) in [7, 11) is 0. The quantitative estimate of drug-likeness (QED) is 0.907. The van der Waals surface area contributed by atoms with Crippen molar-refractivity contribution in [2.75, 3.05) is 26.2 Å². The van der Waals surface area contributed by atoms with E-state index in [1.165, 1.54) is 31.4 Å². The van der Waals surface area contributed by atoms with Crippen LogP contribution in [0.15, 0.2) is 16.5 Å². The van der Waals surface area contributed by atoms with Gasteiger partial charge in [-0.3, -0.25) is 4.90 Å². The third kappa shape index (κ3) is 4.38. The van der Waals surface area contributed by atoms with Gasteiger partial charge in [0.15, 0.2) is 0 Å². The van der Waals surface area contributed by atoms with E-state index in [1.54, 1.807) is 0 Å². The molecule has 2 aliphatic rings. The highest BCUT2D eigenvalue weighted by Gasteiger charge is 2.33. The Kier molecular flexibility index (Phi) is 8.10. The molecule has 0 aromatic carbocycles. The fourth-order valence-electron chi connectivity index (χ4n) is 3.69. The van der Waals surface area contributed by atoms with Gasteiger partial charge in [0.25, 0.3) is 0 Å². The second kappa shape index (κ2) is 9.04. The lowest BCUT2D eigenvalue weighted by Crippen LogP contribution is -2.46. The highest BCUT2D eigenvalue weighted by molar-refractivity contribution is 5.85. The minimum atomic E-state index is 0. The van der Waals surface area contributed by atoms with E-state index in [9.17, 15) is 0 Å². The Morgan fingerprint density at radius 3 is 2.43 bits per heavy atom. The van der Waals surface area contributed by atoms with Crippen molar-refractivity contribution in [3.63, 3.8) is 0 Å². The van der Waals surface area contributed by atoms with Crippen molar-refractivity contribution in [2.45, 2.75) is 45.1 Å². The monoisotopic (exact) mass is 334 g/mol. The van der Waals surface area contributed by atoms with Gasteiger partial charge in [0, 0.05) is 32.6 Å². The summed E-state index contributed by atoms with van der Waals surface area (Å²) in [5.41, 5.74) is 0. The van der Waals surface area contributed by atoms with Gasteiger partial charge in [0.05, 0.1) is 6.04 Å². The molecule has 122 valence electrons. The Hall–Kier alpha value is -0.220. The van der Waals surface area contributed by atoms with Crippen LogP contribution in [-0.2, 0) is 6.42 Å². The first-order valence-electron chi connectivity index (χ1n) is 7.92. The van der Waals surface area contributed by atoms with Crippen LogP contribution in [-0.4, -0.2) is 31.1 Å². The summed E-state index contributed by atoms with van der Waals surface area (Å²) in [4.78, 5) is 2.64. The van der Waals surface area contributed by atoms with Crippen LogP contribution >= 0.6 is 24.8 Å². The van der Waals surface area contributed by atoms with Crippen LogP contribution in [0.3, 0.4) is 0 Å². The van der Waals surface area contributed by atoms with Gasteiger partial charge in [-0.15, -0.1) is 24.8 Å². The minimum absolute atomic E-state index is 0. The number of hydrogen-bond acceptors (Lipinski definition) is 3. The molecule has 3 nitrogen and oxygen atoms in total. The third-order valence-corrected chi connectivity index (χ3v) is 4.71. The molecule has 1 N–H and O–H groups in total. The van der Waals surface area contributed by atoms with E-state index in [0.717, 1.165) is 44.3 Å². The summed E-state index contributed by atoms with van der Waals surface area (Å²) >= 11 is 0. The molecular weight excluding hydrogens is 307 g/mol.